The van der Waals surface area contributed by atoms with Gasteiger partial charge in [0.1, 0.15) is 12.1 Å². The average molecular weight is 217 g/mol. The second-order valence-electron chi connectivity index (χ2n) is 3.58. The Morgan fingerprint density at radius 1 is 1.38 bits per heavy atom. The maximum atomic E-state index is 5.04. The van der Waals surface area contributed by atoms with Gasteiger partial charge in [0.05, 0.1) is 11.8 Å². The topological polar surface area (TPSA) is 51.0 Å². The largest absolute Gasteiger partial charge is 0.472 e. The Hall–Kier alpha value is -1.84. The van der Waals surface area contributed by atoms with Gasteiger partial charge in [0.25, 0.3) is 0 Å². The number of aromatic nitrogens is 2. The van der Waals surface area contributed by atoms with E-state index >= 15 is 0 Å². The van der Waals surface area contributed by atoms with Crippen LogP contribution in [-0.2, 0) is 6.42 Å². The second-order valence-corrected chi connectivity index (χ2v) is 3.58. The lowest BCUT2D eigenvalue weighted by molar-refractivity contribution is 0.568. The van der Waals surface area contributed by atoms with Crippen molar-refractivity contribution in [3.8, 4) is 11.4 Å². The molecule has 4 heteroatoms. The van der Waals surface area contributed by atoms with E-state index in [-0.39, 0.29) is 0 Å². The molecule has 84 valence electrons. The zero-order valence-electron chi connectivity index (χ0n) is 9.74. The van der Waals surface area contributed by atoms with E-state index in [1.165, 1.54) is 0 Å². The fourth-order valence-corrected chi connectivity index (χ4v) is 1.75. The summed E-state index contributed by atoms with van der Waals surface area (Å²) >= 11 is 0. The first kappa shape index (κ1) is 10.7. The molecule has 1 N–H and O–H groups in total. The third-order valence-electron chi connectivity index (χ3n) is 2.58. The van der Waals surface area contributed by atoms with Crippen LogP contribution >= 0.6 is 0 Å². The summed E-state index contributed by atoms with van der Waals surface area (Å²) in [6, 6.07) is 1.86. The van der Waals surface area contributed by atoms with Crippen molar-refractivity contribution in [1.29, 1.82) is 0 Å². The number of anilines is 1. The Kier molecular flexibility index (Phi) is 2.90. The first-order valence-electron chi connectivity index (χ1n) is 5.34. The summed E-state index contributed by atoms with van der Waals surface area (Å²) in [5, 5.41) is 3.11. The molecule has 0 aliphatic heterocycles. The fraction of sp³-hybridized carbons (Fsp3) is 0.333. The molecule has 0 aliphatic rings. The van der Waals surface area contributed by atoms with Crippen LogP contribution in [-0.4, -0.2) is 17.0 Å². The Balaban J connectivity index is 2.54. The Morgan fingerprint density at radius 3 is 2.75 bits per heavy atom. The zero-order valence-corrected chi connectivity index (χ0v) is 9.74. The number of furan rings is 1. The number of nitrogens with one attached hydrogen (secondary N) is 1. The van der Waals surface area contributed by atoms with E-state index in [0.29, 0.717) is 5.82 Å². The van der Waals surface area contributed by atoms with E-state index < -0.39 is 0 Å². The van der Waals surface area contributed by atoms with E-state index in [4.69, 9.17) is 4.42 Å². The lowest BCUT2D eigenvalue weighted by atomic mass is 10.1. The van der Waals surface area contributed by atoms with E-state index in [9.17, 15) is 0 Å². The number of nitrogens with zero attached hydrogens (tertiary/aromatic N) is 2. The highest BCUT2D eigenvalue weighted by Gasteiger charge is 2.10. The van der Waals surface area contributed by atoms with Crippen molar-refractivity contribution in [2.45, 2.75) is 20.3 Å². The van der Waals surface area contributed by atoms with E-state index in [0.717, 1.165) is 29.1 Å². The maximum Gasteiger partial charge on any atom is 0.165 e. The first-order valence-corrected chi connectivity index (χ1v) is 5.34. The van der Waals surface area contributed by atoms with Crippen LogP contribution in [0, 0.1) is 6.92 Å². The van der Waals surface area contributed by atoms with Gasteiger partial charge >= 0.3 is 0 Å². The van der Waals surface area contributed by atoms with Crippen LogP contribution in [0.25, 0.3) is 11.4 Å². The van der Waals surface area contributed by atoms with Gasteiger partial charge < -0.3 is 9.73 Å². The number of hydrogen-bond donors (Lipinski definition) is 1. The molecule has 0 spiro atoms. The third-order valence-corrected chi connectivity index (χ3v) is 2.58. The molecule has 0 amide bonds. The Morgan fingerprint density at radius 2 is 2.19 bits per heavy atom. The molecule has 2 aromatic rings. The molecule has 2 rings (SSSR count). The van der Waals surface area contributed by atoms with Crippen molar-refractivity contribution in [2.75, 3.05) is 12.4 Å². The predicted molar refractivity (Wildman–Crippen MR) is 63.4 cm³/mol. The van der Waals surface area contributed by atoms with Crippen LogP contribution in [0.2, 0.25) is 0 Å². The van der Waals surface area contributed by atoms with Crippen LogP contribution in [0.5, 0.6) is 0 Å². The molecule has 0 aromatic carbocycles. The highest BCUT2D eigenvalue weighted by atomic mass is 16.3. The van der Waals surface area contributed by atoms with Crippen LogP contribution in [0.4, 0.5) is 5.82 Å². The Bertz CT molecular complexity index is 477. The minimum atomic E-state index is 0.702. The molecule has 0 bridgehead atoms. The first-order chi connectivity index (χ1) is 7.76. The monoisotopic (exact) mass is 217 g/mol. The molecule has 0 radical (unpaired) electrons. The molecule has 4 nitrogen and oxygen atoms in total. The van der Waals surface area contributed by atoms with Gasteiger partial charge in [-0.1, -0.05) is 6.92 Å². The van der Waals surface area contributed by atoms with Gasteiger partial charge in [0, 0.05) is 18.3 Å². The van der Waals surface area contributed by atoms with Gasteiger partial charge in [-0.15, -0.1) is 0 Å². The lowest BCUT2D eigenvalue weighted by Crippen LogP contribution is -2.04. The van der Waals surface area contributed by atoms with Gasteiger partial charge in [0.15, 0.2) is 5.82 Å². The zero-order chi connectivity index (χ0) is 11.5. The van der Waals surface area contributed by atoms with Crippen molar-refractivity contribution in [3.63, 3.8) is 0 Å². The molecule has 2 aromatic heterocycles. The number of hydrogen-bond acceptors (Lipinski definition) is 4. The third kappa shape index (κ3) is 1.78. The summed E-state index contributed by atoms with van der Waals surface area (Å²) < 4.78 is 5.04. The van der Waals surface area contributed by atoms with Crippen molar-refractivity contribution >= 4 is 5.82 Å². The van der Waals surface area contributed by atoms with Crippen LogP contribution in [0.3, 0.4) is 0 Å². The molecule has 2 heterocycles. The van der Waals surface area contributed by atoms with Crippen LogP contribution in [0.1, 0.15) is 18.2 Å². The molecule has 0 aliphatic carbocycles. The molecule has 0 saturated heterocycles. The maximum absolute atomic E-state index is 5.04. The van der Waals surface area contributed by atoms with Crippen molar-refractivity contribution in [3.05, 3.63) is 29.9 Å². The highest BCUT2D eigenvalue weighted by molar-refractivity contribution is 5.58. The molecule has 0 saturated carbocycles. The highest BCUT2D eigenvalue weighted by Crippen LogP contribution is 2.22. The van der Waals surface area contributed by atoms with Gasteiger partial charge in [-0.2, -0.15) is 0 Å². The Labute approximate surface area is 94.7 Å². The molecule has 0 unspecified atom stereocenters. The second kappa shape index (κ2) is 4.35. The predicted octanol–water partition coefficient (Wildman–Crippen LogP) is 2.65. The summed E-state index contributed by atoms with van der Waals surface area (Å²) in [5.74, 6) is 1.60. The molecule has 0 fully saturated rings. The summed E-state index contributed by atoms with van der Waals surface area (Å²) in [5.41, 5.74) is 3.08. The van der Waals surface area contributed by atoms with E-state index in [1.807, 2.05) is 20.0 Å². The standard InChI is InChI=1S/C12H15N3O/c1-4-10-8(2)14-11(15-12(10)13-3)9-5-6-16-7-9/h5-7H,4H2,1-3H3,(H,13,14,15). The van der Waals surface area contributed by atoms with Crippen molar-refractivity contribution in [2.24, 2.45) is 0 Å². The van der Waals surface area contributed by atoms with E-state index in [2.05, 4.69) is 22.2 Å². The minimum absolute atomic E-state index is 0.702. The molecule has 16 heavy (non-hydrogen) atoms. The quantitative estimate of drug-likeness (QED) is 0.858. The minimum Gasteiger partial charge on any atom is -0.472 e. The molecular weight excluding hydrogens is 202 g/mol. The lowest BCUT2D eigenvalue weighted by Gasteiger charge is -2.10. The van der Waals surface area contributed by atoms with Gasteiger partial charge in [0.2, 0.25) is 0 Å². The normalized spacial score (nSPS) is 10.4. The van der Waals surface area contributed by atoms with Gasteiger partial charge in [-0.3, -0.25) is 0 Å². The van der Waals surface area contributed by atoms with Crippen LogP contribution in [0.15, 0.2) is 23.0 Å². The average Bonchev–Trinajstić information content (AvgIpc) is 2.81. The van der Waals surface area contributed by atoms with Gasteiger partial charge in [-0.05, 0) is 19.4 Å². The van der Waals surface area contributed by atoms with Crippen molar-refractivity contribution < 1.29 is 4.42 Å². The summed E-state index contributed by atoms with van der Waals surface area (Å²) in [6.07, 6.45) is 4.20. The molecular formula is C12H15N3O. The SMILES string of the molecule is CCc1c(C)nc(-c2ccoc2)nc1NC. The number of rotatable bonds is 3. The van der Waals surface area contributed by atoms with E-state index in [1.54, 1.807) is 12.5 Å². The van der Waals surface area contributed by atoms with Gasteiger partial charge in [-0.25, -0.2) is 9.97 Å². The summed E-state index contributed by atoms with van der Waals surface area (Å²) in [7, 11) is 1.88. The summed E-state index contributed by atoms with van der Waals surface area (Å²) in [4.78, 5) is 8.97. The smallest absolute Gasteiger partial charge is 0.165 e. The van der Waals surface area contributed by atoms with Crippen LogP contribution < -0.4 is 5.32 Å². The van der Waals surface area contributed by atoms with Crippen molar-refractivity contribution in [1.82, 2.24) is 9.97 Å². The molecule has 0 atom stereocenters. The fourth-order valence-electron chi connectivity index (χ4n) is 1.75. The number of aryl methyl sites for hydroxylation is 1. The summed E-state index contributed by atoms with van der Waals surface area (Å²) in [6.45, 7) is 4.11.